The van der Waals surface area contributed by atoms with Crippen LogP contribution < -0.4 is 5.32 Å². The van der Waals surface area contributed by atoms with Gasteiger partial charge in [0.25, 0.3) is 12.3 Å². The van der Waals surface area contributed by atoms with Crippen molar-refractivity contribution < 1.29 is 13.6 Å². The Hall–Kier alpha value is -2.18. The third-order valence-corrected chi connectivity index (χ3v) is 2.77. The van der Waals surface area contributed by atoms with E-state index in [0.717, 1.165) is 11.3 Å². The minimum atomic E-state index is -2.49. The van der Waals surface area contributed by atoms with Crippen molar-refractivity contribution in [1.82, 2.24) is 20.1 Å². The van der Waals surface area contributed by atoms with Gasteiger partial charge in [0.1, 0.15) is 5.69 Å². The van der Waals surface area contributed by atoms with Crippen LogP contribution in [0.4, 0.5) is 8.78 Å². The number of rotatable bonds is 5. The number of hydrogen-bond donors (Lipinski definition) is 2. The van der Waals surface area contributed by atoms with Crippen LogP contribution in [0.5, 0.6) is 0 Å². The number of amides is 1. The number of aromatic amines is 1. The van der Waals surface area contributed by atoms with E-state index in [4.69, 9.17) is 0 Å². The summed E-state index contributed by atoms with van der Waals surface area (Å²) in [7, 11) is 0. The largest absolute Gasteiger partial charge is 0.347 e. The van der Waals surface area contributed by atoms with E-state index in [0.29, 0.717) is 6.54 Å². The van der Waals surface area contributed by atoms with Gasteiger partial charge >= 0.3 is 0 Å². The van der Waals surface area contributed by atoms with E-state index in [1.807, 2.05) is 6.92 Å². The normalized spacial score (nSPS) is 10.9. The first-order valence-corrected chi connectivity index (χ1v) is 5.78. The fourth-order valence-corrected chi connectivity index (χ4v) is 1.75. The predicted octanol–water partition coefficient (Wildman–Crippen LogP) is 1.71. The van der Waals surface area contributed by atoms with Gasteiger partial charge < -0.3 is 9.88 Å². The van der Waals surface area contributed by atoms with Gasteiger partial charge in [0.15, 0.2) is 0 Å². The molecule has 0 aliphatic carbocycles. The number of aryl methyl sites for hydroxylation is 1. The smallest absolute Gasteiger partial charge is 0.268 e. The van der Waals surface area contributed by atoms with Crippen LogP contribution in [0.1, 0.15) is 21.7 Å². The summed E-state index contributed by atoms with van der Waals surface area (Å²) in [5, 5.41) is 9.27. The van der Waals surface area contributed by atoms with E-state index in [9.17, 15) is 13.6 Å². The highest BCUT2D eigenvalue weighted by Crippen LogP contribution is 2.07. The second-order valence-corrected chi connectivity index (χ2v) is 4.14. The summed E-state index contributed by atoms with van der Waals surface area (Å²) in [4.78, 5) is 11.9. The molecule has 0 spiro atoms. The van der Waals surface area contributed by atoms with E-state index in [2.05, 4.69) is 15.5 Å². The fraction of sp³-hybridized carbons (Fsp3) is 0.333. The van der Waals surface area contributed by atoms with Crippen molar-refractivity contribution in [2.24, 2.45) is 0 Å². The van der Waals surface area contributed by atoms with Crippen molar-refractivity contribution >= 4 is 5.91 Å². The van der Waals surface area contributed by atoms with Crippen LogP contribution in [-0.4, -0.2) is 27.1 Å². The Labute approximate surface area is 108 Å². The summed E-state index contributed by atoms with van der Waals surface area (Å²) in [5.74, 6) is -0.383. The molecule has 0 bridgehead atoms. The predicted molar refractivity (Wildman–Crippen MR) is 64.9 cm³/mol. The van der Waals surface area contributed by atoms with E-state index in [1.54, 1.807) is 12.3 Å². The van der Waals surface area contributed by atoms with Crippen LogP contribution in [-0.2, 0) is 13.1 Å². The molecule has 5 nitrogen and oxygen atoms in total. The molecule has 0 aromatic carbocycles. The highest BCUT2D eigenvalue weighted by atomic mass is 19.3. The van der Waals surface area contributed by atoms with Gasteiger partial charge in [0.2, 0.25) is 0 Å². The highest BCUT2D eigenvalue weighted by Gasteiger charge is 2.14. The zero-order valence-electron chi connectivity index (χ0n) is 10.4. The number of alkyl halides is 2. The molecule has 7 heteroatoms. The molecule has 2 N–H and O–H groups in total. The SMILES string of the molecule is Cc1[nH]ncc1CNC(=O)c1cccn1CC(F)F. The lowest BCUT2D eigenvalue weighted by atomic mass is 10.2. The molecule has 1 amide bonds. The zero-order chi connectivity index (χ0) is 13.8. The molecule has 2 aromatic heterocycles. The molecule has 0 aliphatic rings. The third kappa shape index (κ3) is 3.18. The van der Waals surface area contributed by atoms with E-state index in [-0.39, 0.29) is 11.6 Å². The van der Waals surface area contributed by atoms with Gasteiger partial charge in [-0.3, -0.25) is 9.89 Å². The number of hydrogen-bond acceptors (Lipinski definition) is 2. The molecular weight excluding hydrogens is 254 g/mol. The Balaban J connectivity index is 2.00. The first kappa shape index (κ1) is 13.3. The van der Waals surface area contributed by atoms with Crippen molar-refractivity contribution in [2.45, 2.75) is 26.4 Å². The molecule has 0 saturated carbocycles. The van der Waals surface area contributed by atoms with Gasteiger partial charge in [-0.15, -0.1) is 0 Å². The van der Waals surface area contributed by atoms with Crippen molar-refractivity contribution in [2.75, 3.05) is 0 Å². The number of halogens is 2. The van der Waals surface area contributed by atoms with Gasteiger partial charge in [-0.05, 0) is 19.1 Å². The van der Waals surface area contributed by atoms with Crippen LogP contribution in [0.3, 0.4) is 0 Å². The number of carbonyl (C=O) groups is 1. The standard InChI is InChI=1S/C12H14F2N4O/c1-8-9(6-16-17-8)5-15-12(19)10-3-2-4-18(10)7-11(13)14/h2-4,6,11H,5,7H2,1H3,(H,15,19)(H,16,17). The average molecular weight is 268 g/mol. The van der Waals surface area contributed by atoms with Crippen LogP contribution in [0, 0.1) is 6.92 Å². The molecule has 0 saturated heterocycles. The fourth-order valence-electron chi connectivity index (χ4n) is 1.75. The summed E-state index contributed by atoms with van der Waals surface area (Å²) in [6.45, 7) is 1.66. The summed E-state index contributed by atoms with van der Waals surface area (Å²) in [5.41, 5.74) is 1.95. The quantitative estimate of drug-likeness (QED) is 0.867. The van der Waals surface area contributed by atoms with Gasteiger partial charge in [0, 0.05) is 24.0 Å². The summed E-state index contributed by atoms with van der Waals surface area (Å²) in [6.07, 6.45) is 0.591. The Bertz CT molecular complexity index is 562. The molecule has 2 heterocycles. The first-order chi connectivity index (χ1) is 9.08. The molecule has 0 radical (unpaired) electrons. The van der Waals surface area contributed by atoms with E-state index < -0.39 is 13.0 Å². The molecule has 0 unspecified atom stereocenters. The van der Waals surface area contributed by atoms with E-state index in [1.165, 1.54) is 16.8 Å². The lowest BCUT2D eigenvalue weighted by Gasteiger charge is -2.09. The zero-order valence-corrected chi connectivity index (χ0v) is 10.4. The van der Waals surface area contributed by atoms with Gasteiger partial charge in [-0.1, -0.05) is 0 Å². The van der Waals surface area contributed by atoms with Crippen molar-refractivity contribution in [1.29, 1.82) is 0 Å². The highest BCUT2D eigenvalue weighted by molar-refractivity contribution is 5.92. The number of H-pyrrole nitrogens is 1. The maximum absolute atomic E-state index is 12.3. The maximum Gasteiger partial charge on any atom is 0.268 e. The second kappa shape index (κ2) is 5.64. The Morgan fingerprint density at radius 2 is 2.37 bits per heavy atom. The lowest BCUT2D eigenvalue weighted by molar-refractivity contribution is 0.0928. The lowest BCUT2D eigenvalue weighted by Crippen LogP contribution is -2.26. The molecule has 0 aliphatic heterocycles. The number of nitrogens with one attached hydrogen (secondary N) is 2. The molecule has 19 heavy (non-hydrogen) atoms. The Morgan fingerprint density at radius 1 is 1.58 bits per heavy atom. The summed E-state index contributed by atoms with van der Waals surface area (Å²) in [6, 6.07) is 3.08. The van der Waals surface area contributed by atoms with Crippen LogP contribution in [0.25, 0.3) is 0 Å². The molecule has 0 fully saturated rings. The molecule has 0 atom stereocenters. The second-order valence-electron chi connectivity index (χ2n) is 4.14. The van der Waals surface area contributed by atoms with Crippen molar-refractivity contribution in [3.05, 3.63) is 41.5 Å². The molecule has 2 aromatic rings. The monoisotopic (exact) mass is 268 g/mol. The number of nitrogens with zero attached hydrogens (tertiary/aromatic N) is 2. The van der Waals surface area contributed by atoms with E-state index >= 15 is 0 Å². The molecule has 102 valence electrons. The van der Waals surface area contributed by atoms with Gasteiger partial charge in [-0.2, -0.15) is 5.10 Å². The van der Waals surface area contributed by atoms with Crippen LogP contribution in [0.2, 0.25) is 0 Å². The van der Waals surface area contributed by atoms with Crippen molar-refractivity contribution in [3.63, 3.8) is 0 Å². The third-order valence-electron chi connectivity index (χ3n) is 2.77. The minimum absolute atomic E-state index is 0.224. The summed E-state index contributed by atoms with van der Waals surface area (Å²) < 4.78 is 25.9. The number of aromatic nitrogens is 3. The minimum Gasteiger partial charge on any atom is -0.347 e. The Morgan fingerprint density at radius 3 is 3.00 bits per heavy atom. The summed E-state index contributed by atoms with van der Waals surface area (Å²) >= 11 is 0. The van der Waals surface area contributed by atoms with Crippen LogP contribution >= 0.6 is 0 Å². The maximum atomic E-state index is 12.3. The number of carbonyl (C=O) groups excluding carboxylic acids is 1. The van der Waals surface area contributed by atoms with Crippen LogP contribution in [0.15, 0.2) is 24.5 Å². The van der Waals surface area contributed by atoms with Crippen molar-refractivity contribution in [3.8, 4) is 0 Å². The molecular formula is C12H14F2N4O. The van der Waals surface area contributed by atoms with Gasteiger partial charge in [-0.25, -0.2) is 8.78 Å². The first-order valence-electron chi connectivity index (χ1n) is 5.78. The Kier molecular flexibility index (Phi) is 3.94. The van der Waals surface area contributed by atoms with Gasteiger partial charge in [0.05, 0.1) is 12.7 Å². The molecule has 2 rings (SSSR count). The average Bonchev–Trinajstić information content (AvgIpc) is 2.95. The topological polar surface area (TPSA) is 62.7 Å².